The monoisotopic (exact) mass is 331 g/mol. The van der Waals surface area contributed by atoms with Gasteiger partial charge in [-0.3, -0.25) is 4.79 Å². The second-order valence-corrected chi connectivity index (χ2v) is 7.38. The Hall–Kier alpha value is -1.55. The zero-order valence-electron chi connectivity index (χ0n) is 15.3. The topological polar surface area (TPSA) is 49.8 Å². The first-order valence-electron chi connectivity index (χ1n) is 9.09. The van der Waals surface area contributed by atoms with Crippen molar-refractivity contribution in [2.75, 3.05) is 20.2 Å². The second kappa shape index (κ2) is 6.75. The molecule has 1 N–H and O–H groups in total. The molecule has 1 amide bonds. The largest absolute Gasteiger partial charge is 0.496 e. The van der Waals surface area contributed by atoms with Crippen LogP contribution >= 0.6 is 0 Å². The molecule has 3 rings (SSSR count). The Morgan fingerprint density at radius 1 is 1.33 bits per heavy atom. The number of hydrogen-bond acceptors (Lipinski definition) is 3. The zero-order chi connectivity index (χ0) is 17.4. The van der Waals surface area contributed by atoms with Crippen molar-refractivity contribution in [3.05, 3.63) is 28.3 Å². The van der Waals surface area contributed by atoms with Gasteiger partial charge in [0.15, 0.2) is 0 Å². The summed E-state index contributed by atoms with van der Waals surface area (Å²) in [4.78, 5) is 14.7. The average Bonchev–Trinajstić information content (AvgIpc) is 3.11. The molecule has 4 nitrogen and oxygen atoms in total. The summed E-state index contributed by atoms with van der Waals surface area (Å²) in [5.74, 6) is 0.870. The van der Waals surface area contributed by atoms with Crippen LogP contribution in [0.15, 0.2) is 6.07 Å². The number of rotatable bonds is 3. The molecule has 1 aromatic carbocycles. The molecule has 1 fully saturated rings. The minimum Gasteiger partial charge on any atom is -0.496 e. The van der Waals surface area contributed by atoms with Gasteiger partial charge in [-0.1, -0.05) is 6.92 Å². The highest BCUT2D eigenvalue weighted by Gasteiger charge is 2.38. The number of amides is 1. The number of hydrogen-bond donors (Lipinski definition) is 1. The number of fused-ring (bicyclic) bond motifs is 1. The molecule has 0 bridgehead atoms. The smallest absolute Gasteiger partial charge is 0.225 e. The van der Waals surface area contributed by atoms with Gasteiger partial charge in [0.2, 0.25) is 5.91 Å². The predicted molar refractivity (Wildman–Crippen MR) is 94.2 cm³/mol. The Kier molecular flexibility index (Phi) is 4.86. The van der Waals surface area contributed by atoms with Crippen LogP contribution in [0.5, 0.6) is 5.75 Å². The third-order valence-corrected chi connectivity index (χ3v) is 6.02. The van der Waals surface area contributed by atoms with Gasteiger partial charge in [-0.25, -0.2) is 0 Å². The predicted octanol–water partition coefficient (Wildman–Crippen LogP) is 3.17. The van der Waals surface area contributed by atoms with E-state index in [1.54, 1.807) is 7.11 Å². The van der Waals surface area contributed by atoms with E-state index < -0.39 is 6.10 Å². The Morgan fingerprint density at radius 2 is 2.00 bits per heavy atom. The lowest BCUT2D eigenvalue weighted by Crippen LogP contribution is -2.39. The van der Waals surface area contributed by atoms with Crippen LogP contribution in [0.2, 0.25) is 0 Å². The van der Waals surface area contributed by atoms with Crippen LogP contribution in [0.4, 0.5) is 0 Å². The van der Waals surface area contributed by atoms with Gasteiger partial charge in [0.25, 0.3) is 0 Å². The molecule has 0 radical (unpaired) electrons. The van der Waals surface area contributed by atoms with E-state index in [-0.39, 0.29) is 17.7 Å². The number of carbonyl (C=O) groups excluding carboxylic acids is 1. The molecule has 0 aromatic heterocycles. The number of nitrogens with zero attached hydrogens (tertiary/aromatic N) is 1. The summed E-state index contributed by atoms with van der Waals surface area (Å²) < 4.78 is 5.48. The standard InChI is InChI=1S/C20H29NO3/c1-12-11-17(24-4)14(3)18-15(12)7-8-16(19(18)22)13(2)20(23)21-9-5-6-10-21/h11,13,16,19,22H,5-10H2,1-4H3. The van der Waals surface area contributed by atoms with Crippen molar-refractivity contribution < 1.29 is 14.6 Å². The van der Waals surface area contributed by atoms with Crippen molar-refractivity contribution in [3.8, 4) is 5.75 Å². The molecule has 1 aliphatic heterocycles. The lowest BCUT2D eigenvalue weighted by Gasteiger charge is -2.37. The SMILES string of the molecule is COc1cc(C)c2c(c1C)C(O)C(C(C)C(=O)N1CCCC1)CC2. The Morgan fingerprint density at radius 3 is 2.62 bits per heavy atom. The molecule has 0 saturated carbocycles. The molecule has 132 valence electrons. The highest BCUT2D eigenvalue weighted by molar-refractivity contribution is 5.79. The summed E-state index contributed by atoms with van der Waals surface area (Å²) in [5, 5.41) is 11.1. The minimum absolute atomic E-state index is 0.0178. The fourth-order valence-corrected chi connectivity index (χ4v) is 4.52. The van der Waals surface area contributed by atoms with Gasteiger partial charge in [0.05, 0.1) is 13.2 Å². The van der Waals surface area contributed by atoms with Gasteiger partial charge in [-0.15, -0.1) is 0 Å². The van der Waals surface area contributed by atoms with Crippen molar-refractivity contribution in [1.29, 1.82) is 0 Å². The van der Waals surface area contributed by atoms with Gasteiger partial charge < -0.3 is 14.7 Å². The van der Waals surface area contributed by atoms with Crippen LogP contribution in [-0.4, -0.2) is 36.1 Å². The lowest BCUT2D eigenvalue weighted by molar-refractivity contribution is -0.137. The van der Waals surface area contributed by atoms with Crippen LogP contribution in [0, 0.1) is 25.7 Å². The number of aryl methyl sites for hydroxylation is 1. The van der Waals surface area contributed by atoms with Crippen LogP contribution in [-0.2, 0) is 11.2 Å². The molecule has 24 heavy (non-hydrogen) atoms. The van der Waals surface area contributed by atoms with Crippen molar-refractivity contribution >= 4 is 5.91 Å². The molecule has 2 aliphatic rings. The number of aliphatic hydroxyl groups is 1. The molecule has 0 spiro atoms. The summed E-state index contributed by atoms with van der Waals surface area (Å²) in [6.07, 6.45) is 3.39. The first-order chi connectivity index (χ1) is 11.5. The fraction of sp³-hybridized carbons (Fsp3) is 0.650. The number of likely N-dealkylation sites (tertiary alicyclic amines) is 1. The highest BCUT2D eigenvalue weighted by atomic mass is 16.5. The van der Waals surface area contributed by atoms with E-state index in [4.69, 9.17) is 4.74 Å². The Labute approximate surface area is 144 Å². The summed E-state index contributed by atoms with van der Waals surface area (Å²) >= 11 is 0. The summed E-state index contributed by atoms with van der Waals surface area (Å²) in [7, 11) is 1.67. The third kappa shape index (κ3) is 2.81. The minimum atomic E-state index is -0.593. The number of carbonyl (C=O) groups is 1. The third-order valence-electron chi connectivity index (χ3n) is 6.02. The van der Waals surface area contributed by atoms with E-state index in [2.05, 4.69) is 13.0 Å². The van der Waals surface area contributed by atoms with E-state index in [1.807, 2.05) is 18.7 Å². The second-order valence-electron chi connectivity index (χ2n) is 7.38. The number of benzene rings is 1. The molecule has 1 aliphatic carbocycles. The highest BCUT2D eigenvalue weighted by Crippen LogP contribution is 2.44. The summed E-state index contributed by atoms with van der Waals surface area (Å²) in [6.45, 7) is 7.81. The molecule has 3 unspecified atom stereocenters. The average molecular weight is 331 g/mol. The normalized spacial score (nSPS) is 24.6. The van der Waals surface area contributed by atoms with Gasteiger partial charge in [-0.2, -0.15) is 0 Å². The quantitative estimate of drug-likeness (QED) is 0.925. The van der Waals surface area contributed by atoms with E-state index in [9.17, 15) is 9.90 Å². The summed E-state index contributed by atoms with van der Waals surface area (Å²) in [5.41, 5.74) is 4.40. The van der Waals surface area contributed by atoms with Crippen LogP contribution in [0.25, 0.3) is 0 Å². The first-order valence-corrected chi connectivity index (χ1v) is 9.09. The van der Waals surface area contributed by atoms with Gasteiger partial charge in [0.1, 0.15) is 5.75 Å². The van der Waals surface area contributed by atoms with Gasteiger partial charge >= 0.3 is 0 Å². The van der Waals surface area contributed by atoms with Crippen LogP contribution < -0.4 is 4.74 Å². The Balaban J connectivity index is 1.90. The van der Waals surface area contributed by atoms with Crippen LogP contribution in [0.3, 0.4) is 0 Å². The lowest BCUT2D eigenvalue weighted by atomic mass is 9.72. The summed E-state index contributed by atoms with van der Waals surface area (Å²) in [6, 6.07) is 2.06. The van der Waals surface area contributed by atoms with E-state index >= 15 is 0 Å². The zero-order valence-corrected chi connectivity index (χ0v) is 15.3. The molecule has 1 saturated heterocycles. The van der Waals surface area contributed by atoms with E-state index in [0.717, 1.165) is 55.6 Å². The number of methoxy groups -OCH3 is 1. The maximum absolute atomic E-state index is 12.8. The molecular formula is C20H29NO3. The molecule has 1 aromatic rings. The molecule has 1 heterocycles. The van der Waals surface area contributed by atoms with E-state index in [0.29, 0.717) is 0 Å². The van der Waals surface area contributed by atoms with Crippen molar-refractivity contribution in [2.45, 2.75) is 52.6 Å². The number of aliphatic hydroxyl groups excluding tert-OH is 1. The fourth-order valence-electron chi connectivity index (χ4n) is 4.52. The van der Waals surface area contributed by atoms with Crippen LogP contribution in [0.1, 0.15) is 54.5 Å². The maximum Gasteiger partial charge on any atom is 0.225 e. The van der Waals surface area contributed by atoms with Crippen molar-refractivity contribution in [3.63, 3.8) is 0 Å². The molecule has 3 atom stereocenters. The van der Waals surface area contributed by atoms with Gasteiger partial charge in [0, 0.05) is 24.9 Å². The van der Waals surface area contributed by atoms with Crippen molar-refractivity contribution in [1.82, 2.24) is 4.90 Å². The Bertz CT molecular complexity index is 634. The number of ether oxygens (including phenoxy) is 1. The van der Waals surface area contributed by atoms with Crippen molar-refractivity contribution in [2.24, 2.45) is 11.8 Å². The first kappa shape index (κ1) is 17.3. The maximum atomic E-state index is 12.8. The van der Waals surface area contributed by atoms with E-state index in [1.165, 1.54) is 11.1 Å². The molecular weight excluding hydrogens is 302 g/mol. The van der Waals surface area contributed by atoms with Gasteiger partial charge in [-0.05, 0) is 67.9 Å². The molecule has 4 heteroatoms.